The summed E-state index contributed by atoms with van der Waals surface area (Å²) in [7, 11) is -4.14. The van der Waals surface area contributed by atoms with E-state index in [1.165, 1.54) is 16.4 Å². The van der Waals surface area contributed by atoms with Gasteiger partial charge < -0.3 is 10.1 Å². The maximum absolute atomic E-state index is 13.5. The van der Waals surface area contributed by atoms with Gasteiger partial charge in [0.05, 0.1) is 40.8 Å². The minimum Gasteiger partial charge on any atom is -0.376 e. The summed E-state index contributed by atoms with van der Waals surface area (Å²) in [6.07, 6.45) is 3.56. The van der Waals surface area contributed by atoms with Gasteiger partial charge in [0.25, 0.3) is 5.91 Å². The van der Waals surface area contributed by atoms with Gasteiger partial charge in [-0.3, -0.25) is 19.2 Å². The second-order valence-electron chi connectivity index (χ2n) is 12.0. The molecule has 0 radical (unpaired) electrons. The SMILES string of the molecule is CCN1C(=O)CNc2ncc(-c3ccc(-c4ncn(CCCOC5CCN6[C@H]5C(=O)N(c5ccc(C#N)c(Cl)c5C)S6(=O)=O)n4)nc3C)nc21. The lowest BCUT2D eigenvalue weighted by Gasteiger charge is -2.27. The number of anilines is 3. The highest BCUT2D eigenvalue weighted by Crippen LogP contribution is 2.40. The number of hydrogen-bond acceptors (Lipinski definition) is 12. The third-order valence-corrected chi connectivity index (χ3v) is 11.3. The lowest BCUT2D eigenvalue weighted by Crippen LogP contribution is -2.40. The van der Waals surface area contributed by atoms with Gasteiger partial charge in [-0.15, -0.1) is 5.10 Å². The topological polar surface area (TPSA) is 192 Å². The second-order valence-corrected chi connectivity index (χ2v) is 14.1. The number of nitriles is 1. The molecule has 18 heteroatoms. The molecule has 2 amide bonds. The Morgan fingerprint density at radius 3 is 2.70 bits per heavy atom. The summed E-state index contributed by atoms with van der Waals surface area (Å²) in [5.41, 5.74) is 3.29. The van der Waals surface area contributed by atoms with Crippen molar-refractivity contribution >= 4 is 50.9 Å². The van der Waals surface area contributed by atoms with Crippen molar-refractivity contribution in [1.29, 1.82) is 5.26 Å². The minimum absolute atomic E-state index is 0.0667. The summed E-state index contributed by atoms with van der Waals surface area (Å²) in [5, 5.41) is 16.9. The average molecular weight is 718 g/mol. The van der Waals surface area contributed by atoms with Crippen LogP contribution in [0.15, 0.2) is 36.8 Å². The number of amides is 2. The van der Waals surface area contributed by atoms with Gasteiger partial charge in [-0.1, -0.05) is 11.6 Å². The minimum atomic E-state index is -4.14. The largest absolute Gasteiger partial charge is 0.376 e. The molecule has 1 N–H and O–H groups in total. The number of likely N-dealkylation sites (N-methyl/N-ethyl adjacent to an activating group) is 1. The molecule has 0 bridgehead atoms. The molecule has 3 aliphatic heterocycles. The van der Waals surface area contributed by atoms with Crippen LogP contribution < -0.4 is 14.5 Å². The monoisotopic (exact) mass is 717 g/mol. The number of ether oxygens (including phenoxy) is 1. The van der Waals surface area contributed by atoms with E-state index in [1.54, 1.807) is 29.0 Å². The summed E-state index contributed by atoms with van der Waals surface area (Å²) in [4.78, 5) is 45.7. The number of carbonyl (C=O) groups excluding carboxylic acids is 2. The molecule has 0 saturated carbocycles. The van der Waals surface area contributed by atoms with Crippen molar-refractivity contribution in [2.24, 2.45) is 0 Å². The molecule has 3 aromatic heterocycles. The Balaban J connectivity index is 0.976. The van der Waals surface area contributed by atoms with Crippen LogP contribution in [0.4, 0.5) is 17.3 Å². The van der Waals surface area contributed by atoms with E-state index in [-0.39, 0.29) is 41.9 Å². The Kier molecular flexibility index (Phi) is 8.72. The molecule has 4 aromatic rings. The number of aromatic nitrogens is 6. The van der Waals surface area contributed by atoms with Crippen LogP contribution >= 0.6 is 11.6 Å². The van der Waals surface area contributed by atoms with Crippen molar-refractivity contribution in [2.75, 3.05) is 40.8 Å². The zero-order valence-electron chi connectivity index (χ0n) is 27.4. The highest BCUT2D eigenvalue weighted by molar-refractivity contribution is 7.91. The Hall–Kier alpha value is -5.02. The van der Waals surface area contributed by atoms with Crippen LogP contribution in [0.3, 0.4) is 0 Å². The number of nitrogens with one attached hydrogen (secondary N) is 1. The molecule has 3 aliphatic rings. The van der Waals surface area contributed by atoms with E-state index in [1.807, 2.05) is 32.0 Å². The standard InChI is InChI=1S/C32H32ClN11O5S/c1-4-42-26(45)16-36-30-31(42)39-23(15-35-30)21-7-8-22(38-19(21)3)29-37-17-41(40-29)11-5-13-49-25-10-12-43-28(25)32(46)44(50(43,47)48)24-9-6-20(14-34)27(33)18(24)2/h6-9,15,17,25,28H,4-5,10-13,16H2,1-3H3,(H,35,36)/t25?,28-/m1/s1. The molecular weight excluding hydrogens is 686 g/mol. The van der Waals surface area contributed by atoms with Crippen molar-refractivity contribution < 1.29 is 22.7 Å². The summed E-state index contributed by atoms with van der Waals surface area (Å²) >= 11 is 6.28. The van der Waals surface area contributed by atoms with Crippen molar-refractivity contribution in [1.82, 2.24) is 34.0 Å². The third kappa shape index (κ3) is 5.63. The van der Waals surface area contributed by atoms with Crippen molar-refractivity contribution in [3.63, 3.8) is 0 Å². The quantitative estimate of drug-likeness (QED) is 0.249. The van der Waals surface area contributed by atoms with E-state index in [0.29, 0.717) is 66.0 Å². The van der Waals surface area contributed by atoms with Crippen LogP contribution in [-0.2, 0) is 31.1 Å². The first-order valence-corrected chi connectivity index (χ1v) is 17.8. The van der Waals surface area contributed by atoms with Gasteiger partial charge in [0.15, 0.2) is 17.5 Å². The number of aryl methyl sites for hydroxylation is 2. The van der Waals surface area contributed by atoms with Crippen LogP contribution in [0.1, 0.15) is 36.6 Å². The first kappa shape index (κ1) is 33.5. The van der Waals surface area contributed by atoms with Crippen molar-refractivity contribution in [3.8, 4) is 28.8 Å². The Morgan fingerprint density at radius 1 is 1.12 bits per heavy atom. The van der Waals surface area contributed by atoms with Crippen molar-refractivity contribution in [2.45, 2.75) is 52.3 Å². The van der Waals surface area contributed by atoms with E-state index in [4.69, 9.17) is 26.3 Å². The molecule has 6 heterocycles. The number of rotatable bonds is 9. The molecule has 2 atom stereocenters. The number of benzene rings is 1. The lowest BCUT2D eigenvalue weighted by molar-refractivity contribution is -0.122. The zero-order chi connectivity index (χ0) is 35.3. The van der Waals surface area contributed by atoms with Crippen LogP contribution in [0.25, 0.3) is 22.8 Å². The van der Waals surface area contributed by atoms with Crippen LogP contribution in [0.2, 0.25) is 5.02 Å². The summed E-state index contributed by atoms with van der Waals surface area (Å²) in [6.45, 7) is 6.88. The fraction of sp³-hybridized carbons (Fsp3) is 0.375. The van der Waals surface area contributed by atoms with E-state index < -0.39 is 28.3 Å². The molecule has 1 aromatic carbocycles. The Morgan fingerprint density at radius 2 is 1.94 bits per heavy atom. The molecule has 0 spiro atoms. The summed E-state index contributed by atoms with van der Waals surface area (Å²) in [5.74, 6) is 0.818. The van der Waals surface area contributed by atoms with Crippen LogP contribution in [0, 0.1) is 25.2 Å². The number of halogens is 1. The first-order valence-electron chi connectivity index (χ1n) is 16.0. The highest BCUT2D eigenvalue weighted by atomic mass is 35.5. The summed E-state index contributed by atoms with van der Waals surface area (Å²) < 4.78 is 36.5. The highest BCUT2D eigenvalue weighted by Gasteiger charge is 2.58. The second kappa shape index (κ2) is 13.0. The molecule has 258 valence electrons. The number of hydrogen-bond donors (Lipinski definition) is 1. The van der Waals surface area contributed by atoms with Gasteiger partial charge >= 0.3 is 10.2 Å². The number of fused-ring (bicyclic) bond motifs is 2. The van der Waals surface area contributed by atoms with E-state index in [9.17, 15) is 23.3 Å². The smallest absolute Gasteiger partial charge is 0.311 e. The van der Waals surface area contributed by atoms with E-state index in [2.05, 4.69) is 20.4 Å². The Labute approximate surface area is 292 Å². The number of nitrogens with zero attached hydrogens (tertiary/aromatic N) is 10. The third-order valence-electron chi connectivity index (χ3n) is 9.00. The van der Waals surface area contributed by atoms with Crippen LogP contribution in [0.5, 0.6) is 0 Å². The molecule has 7 rings (SSSR count). The molecule has 2 fully saturated rings. The molecule has 0 aliphatic carbocycles. The van der Waals surface area contributed by atoms with Crippen LogP contribution in [-0.4, -0.2) is 92.6 Å². The first-order chi connectivity index (χ1) is 24.0. The van der Waals surface area contributed by atoms with Gasteiger partial charge in [0.1, 0.15) is 24.1 Å². The van der Waals surface area contributed by atoms with E-state index >= 15 is 0 Å². The fourth-order valence-electron chi connectivity index (χ4n) is 6.47. The number of pyridine rings is 1. The molecule has 16 nitrogen and oxygen atoms in total. The number of carbonyl (C=O) groups is 2. The molecule has 1 unspecified atom stereocenters. The van der Waals surface area contributed by atoms with E-state index in [0.717, 1.165) is 9.87 Å². The van der Waals surface area contributed by atoms with Crippen molar-refractivity contribution in [3.05, 3.63) is 58.6 Å². The Bertz CT molecular complexity index is 2190. The normalized spacial score (nSPS) is 19.7. The molecule has 50 heavy (non-hydrogen) atoms. The average Bonchev–Trinajstić information content (AvgIpc) is 3.80. The predicted octanol–water partition coefficient (Wildman–Crippen LogP) is 2.86. The van der Waals surface area contributed by atoms with Gasteiger partial charge in [-0.2, -0.15) is 22.3 Å². The fourth-order valence-corrected chi connectivity index (χ4v) is 8.52. The van der Waals surface area contributed by atoms with Gasteiger partial charge in [-0.25, -0.2) is 19.9 Å². The van der Waals surface area contributed by atoms with Gasteiger partial charge in [0, 0.05) is 37.5 Å². The maximum Gasteiger partial charge on any atom is 0.311 e. The van der Waals surface area contributed by atoms with Gasteiger partial charge in [0.2, 0.25) is 5.91 Å². The molecule has 2 saturated heterocycles. The van der Waals surface area contributed by atoms with Gasteiger partial charge in [-0.05, 0) is 63.4 Å². The lowest BCUT2D eigenvalue weighted by atomic mass is 10.1. The molecular formula is C32H32ClN11O5S. The zero-order valence-corrected chi connectivity index (χ0v) is 28.9. The predicted molar refractivity (Wildman–Crippen MR) is 182 cm³/mol. The summed E-state index contributed by atoms with van der Waals surface area (Å²) in [6, 6.07) is 7.49. The maximum atomic E-state index is 13.5.